The average molecular weight is 447 g/mol. The van der Waals surface area contributed by atoms with Crippen LogP contribution in [0.15, 0.2) is 48.7 Å². The Morgan fingerprint density at radius 3 is 2.60 bits per heavy atom. The second-order valence-electron chi connectivity index (χ2n) is 6.81. The molecule has 0 aliphatic carbocycles. The van der Waals surface area contributed by atoms with Crippen LogP contribution >= 0.6 is 23.7 Å². The molecule has 1 amide bonds. The summed E-state index contributed by atoms with van der Waals surface area (Å²) in [4.78, 5) is 25.1. The number of amides is 1. The van der Waals surface area contributed by atoms with E-state index in [2.05, 4.69) is 28.7 Å². The molecular formula is C22H24ClFN4OS. The number of H-pyrrole nitrogens is 1. The Morgan fingerprint density at radius 2 is 1.87 bits per heavy atom. The van der Waals surface area contributed by atoms with E-state index in [9.17, 15) is 9.18 Å². The number of nitrogens with one attached hydrogen (secondary N) is 1. The number of anilines is 1. The summed E-state index contributed by atoms with van der Waals surface area (Å²) in [5.41, 5.74) is 1.82. The summed E-state index contributed by atoms with van der Waals surface area (Å²) in [5, 5.41) is 1.39. The highest BCUT2D eigenvalue weighted by Gasteiger charge is 2.24. The van der Waals surface area contributed by atoms with E-state index in [0.29, 0.717) is 22.8 Å². The average Bonchev–Trinajstić information content (AvgIpc) is 3.36. The predicted molar refractivity (Wildman–Crippen MR) is 125 cm³/mol. The van der Waals surface area contributed by atoms with E-state index in [4.69, 9.17) is 0 Å². The number of thiazole rings is 1. The third kappa shape index (κ3) is 4.19. The van der Waals surface area contributed by atoms with Crippen molar-refractivity contribution in [3.8, 4) is 0 Å². The lowest BCUT2D eigenvalue weighted by Gasteiger charge is -2.24. The molecule has 0 radical (unpaired) electrons. The SMILES string of the molecule is CCN(CC)CCN(C(=O)c1c[nH]c2ccccc12)c1nc2c(F)cccc2s1.Cl. The summed E-state index contributed by atoms with van der Waals surface area (Å²) >= 11 is 1.34. The number of fused-ring (bicyclic) bond motifs is 2. The second kappa shape index (κ2) is 9.55. The number of carbonyl (C=O) groups excluding carboxylic acids is 1. The maximum atomic E-state index is 14.2. The van der Waals surface area contributed by atoms with E-state index in [1.54, 1.807) is 17.2 Å². The number of rotatable bonds is 7. The molecule has 2 aromatic carbocycles. The fourth-order valence-electron chi connectivity index (χ4n) is 3.48. The van der Waals surface area contributed by atoms with Crippen molar-refractivity contribution >= 4 is 55.9 Å². The molecule has 0 saturated carbocycles. The third-order valence-electron chi connectivity index (χ3n) is 5.19. The van der Waals surface area contributed by atoms with Gasteiger partial charge in [0.15, 0.2) is 5.13 Å². The molecule has 0 spiro atoms. The zero-order valence-corrected chi connectivity index (χ0v) is 18.5. The minimum Gasteiger partial charge on any atom is -0.360 e. The number of carbonyl (C=O) groups is 1. The van der Waals surface area contributed by atoms with Gasteiger partial charge in [0.1, 0.15) is 11.3 Å². The van der Waals surface area contributed by atoms with Gasteiger partial charge in [-0.15, -0.1) is 12.4 Å². The number of likely N-dealkylation sites (N-methyl/N-ethyl adjacent to an activating group) is 1. The number of para-hydroxylation sites is 2. The molecular weight excluding hydrogens is 423 g/mol. The van der Waals surface area contributed by atoms with Crippen LogP contribution in [-0.4, -0.2) is 47.0 Å². The molecule has 0 unspecified atom stereocenters. The van der Waals surface area contributed by atoms with Gasteiger partial charge in [0.05, 0.1) is 10.3 Å². The first-order chi connectivity index (χ1) is 14.1. The Balaban J connectivity index is 0.00000256. The Kier molecular flexibility index (Phi) is 7.07. The first-order valence-corrected chi connectivity index (χ1v) is 10.6. The Bertz CT molecular complexity index is 1150. The fraction of sp³-hybridized carbons (Fsp3) is 0.273. The minimum atomic E-state index is -0.367. The number of hydrogen-bond acceptors (Lipinski definition) is 4. The molecule has 4 rings (SSSR count). The molecule has 0 aliphatic heterocycles. The largest absolute Gasteiger partial charge is 0.360 e. The summed E-state index contributed by atoms with van der Waals surface area (Å²) in [6, 6.07) is 12.6. The molecule has 2 heterocycles. The quantitative estimate of drug-likeness (QED) is 0.417. The summed E-state index contributed by atoms with van der Waals surface area (Å²) in [7, 11) is 0. The van der Waals surface area contributed by atoms with Gasteiger partial charge in [-0.1, -0.05) is 49.4 Å². The molecule has 1 N–H and O–H groups in total. The van der Waals surface area contributed by atoms with Crippen LogP contribution in [0.25, 0.3) is 21.1 Å². The van der Waals surface area contributed by atoms with Crippen molar-refractivity contribution in [1.29, 1.82) is 0 Å². The van der Waals surface area contributed by atoms with Crippen LogP contribution < -0.4 is 4.90 Å². The standard InChI is InChI=1S/C22H23FN4OS.ClH/c1-3-26(4-2)12-13-27(22-25-20-17(23)9-7-11-19(20)29-22)21(28)16-14-24-18-10-6-5-8-15(16)18;/h5-11,14,24H,3-4,12-13H2,1-2H3;1H. The highest BCUT2D eigenvalue weighted by atomic mass is 35.5. The molecule has 158 valence electrons. The Labute approximate surface area is 184 Å². The van der Waals surface area contributed by atoms with Gasteiger partial charge in [-0.3, -0.25) is 9.69 Å². The van der Waals surface area contributed by atoms with Crippen LogP contribution in [0, 0.1) is 5.82 Å². The zero-order valence-electron chi connectivity index (χ0n) is 16.9. The maximum Gasteiger partial charge on any atom is 0.262 e. The van der Waals surface area contributed by atoms with Crippen LogP contribution in [0.2, 0.25) is 0 Å². The van der Waals surface area contributed by atoms with Gasteiger partial charge in [-0.25, -0.2) is 9.37 Å². The molecule has 0 saturated heterocycles. The van der Waals surface area contributed by atoms with Crippen molar-refractivity contribution in [3.05, 3.63) is 60.0 Å². The lowest BCUT2D eigenvalue weighted by atomic mass is 10.1. The minimum absolute atomic E-state index is 0. The van der Waals surface area contributed by atoms with Crippen molar-refractivity contribution in [2.45, 2.75) is 13.8 Å². The maximum absolute atomic E-state index is 14.2. The van der Waals surface area contributed by atoms with Gasteiger partial charge in [0, 0.05) is 30.2 Å². The highest BCUT2D eigenvalue weighted by molar-refractivity contribution is 7.22. The Morgan fingerprint density at radius 1 is 1.10 bits per heavy atom. The first-order valence-electron chi connectivity index (χ1n) is 9.77. The molecule has 0 aliphatic rings. The second-order valence-corrected chi connectivity index (χ2v) is 7.82. The molecule has 2 aromatic heterocycles. The number of benzene rings is 2. The predicted octanol–water partition coefficient (Wildman–Crippen LogP) is 5.33. The zero-order chi connectivity index (χ0) is 20.4. The van der Waals surface area contributed by atoms with Crippen molar-refractivity contribution in [1.82, 2.24) is 14.9 Å². The number of hydrogen-bond donors (Lipinski definition) is 1. The normalized spacial score (nSPS) is 11.2. The van der Waals surface area contributed by atoms with E-state index in [1.165, 1.54) is 17.4 Å². The van der Waals surface area contributed by atoms with Crippen molar-refractivity contribution in [3.63, 3.8) is 0 Å². The van der Waals surface area contributed by atoms with Crippen LogP contribution in [0.1, 0.15) is 24.2 Å². The molecule has 0 fully saturated rings. The molecule has 30 heavy (non-hydrogen) atoms. The van der Waals surface area contributed by atoms with Crippen LogP contribution in [0.4, 0.5) is 9.52 Å². The van der Waals surface area contributed by atoms with Crippen molar-refractivity contribution < 1.29 is 9.18 Å². The molecule has 0 atom stereocenters. The van der Waals surface area contributed by atoms with Crippen molar-refractivity contribution in [2.24, 2.45) is 0 Å². The number of nitrogens with zero attached hydrogens (tertiary/aromatic N) is 3. The van der Waals surface area contributed by atoms with E-state index < -0.39 is 0 Å². The topological polar surface area (TPSA) is 52.2 Å². The van der Waals surface area contributed by atoms with Gasteiger partial charge in [0.2, 0.25) is 0 Å². The first kappa shape index (κ1) is 22.2. The molecule has 8 heteroatoms. The van der Waals surface area contributed by atoms with Gasteiger partial charge in [-0.2, -0.15) is 0 Å². The number of aromatic amines is 1. The van der Waals surface area contributed by atoms with Crippen LogP contribution in [0.3, 0.4) is 0 Å². The van der Waals surface area contributed by atoms with E-state index in [-0.39, 0.29) is 24.1 Å². The smallest absolute Gasteiger partial charge is 0.262 e. The Hall–Kier alpha value is -2.48. The summed E-state index contributed by atoms with van der Waals surface area (Å²) in [6.07, 6.45) is 1.74. The van der Waals surface area contributed by atoms with Gasteiger partial charge >= 0.3 is 0 Å². The van der Waals surface area contributed by atoms with Crippen LogP contribution in [-0.2, 0) is 0 Å². The lowest BCUT2D eigenvalue weighted by molar-refractivity contribution is 0.0985. The van der Waals surface area contributed by atoms with E-state index >= 15 is 0 Å². The number of aromatic nitrogens is 2. The summed E-state index contributed by atoms with van der Waals surface area (Å²) < 4.78 is 14.9. The third-order valence-corrected chi connectivity index (χ3v) is 6.23. The van der Waals surface area contributed by atoms with E-state index in [0.717, 1.165) is 35.2 Å². The fourth-order valence-corrected chi connectivity index (χ4v) is 4.48. The van der Waals surface area contributed by atoms with E-state index in [1.807, 2.05) is 30.3 Å². The van der Waals surface area contributed by atoms with Crippen molar-refractivity contribution in [2.75, 3.05) is 31.1 Å². The summed E-state index contributed by atoms with van der Waals surface area (Å²) in [5.74, 6) is -0.498. The van der Waals surface area contributed by atoms with Crippen LogP contribution in [0.5, 0.6) is 0 Å². The highest BCUT2D eigenvalue weighted by Crippen LogP contribution is 2.32. The van der Waals surface area contributed by atoms with Gasteiger partial charge in [0.25, 0.3) is 5.91 Å². The molecule has 5 nitrogen and oxygen atoms in total. The van der Waals surface area contributed by atoms with Gasteiger partial charge in [-0.05, 0) is 31.3 Å². The lowest BCUT2D eigenvalue weighted by Crippen LogP contribution is -2.38. The molecule has 4 aromatic rings. The monoisotopic (exact) mass is 446 g/mol. The number of halogens is 2. The summed E-state index contributed by atoms with van der Waals surface area (Å²) in [6.45, 7) is 7.21. The van der Waals surface area contributed by atoms with Gasteiger partial charge < -0.3 is 9.88 Å². The molecule has 0 bridgehead atoms.